The van der Waals surface area contributed by atoms with Crippen molar-refractivity contribution < 1.29 is 14.3 Å². The Bertz CT molecular complexity index is 592. The summed E-state index contributed by atoms with van der Waals surface area (Å²) in [5.41, 5.74) is 0.471. The molecule has 2 aliphatic rings. The van der Waals surface area contributed by atoms with Crippen LogP contribution in [0.25, 0.3) is 0 Å². The number of likely N-dealkylation sites (tertiary alicyclic amines) is 1. The van der Waals surface area contributed by atoms with E-state index in [9.17, 15) is 14.3 Å². The smallest absolute Gasteiger partial charge is 0.234 e. The van der Waals surface area contributed by atoms with Gasteiger partial charge in [0, 0.05) is 25.6 Å². The summed E-state index contributed by atoms with van der Waals surface area (Å²) in [7, 11) is 0. The molecule has 1 aliphatic carbocycles. The van der Waals surface area contributed by atoms with Gasteiger partial charge in [-0.05, 0) is 49.3 Å². The third-order valence-corrected chi connectivity index (χ3v) is 6.02. The molecule has 3 atom stereocenters. The first-order chi connectivity index (χ1) is 12.0. The molecule has 138 valence electrons. The van der Waals surface area contributed by atoms with E-state index >= 15 is 0 Å². The summed E-state index contributed by atoms with van der Waals surface area (Å²) in [6.07, 6.45) is 4.64. The highest BCUT2D eigenvalue weighted by molar-refractivity contribution is 5.78. The zero-order chi connectivity index (χ0) is 17.9. The van der Waals surface area contributed by atoms with Gasteiger partial charge in [-0.3, -0.25) is 9.69 Å². The molecule has 0 aromatic heterocycles. The monoisotopic (exact) mass is 348 g/mol. The lowest BCUT2D eigenvalue weighted by molar-refractivity contribution is -0.122. The second kappa shape index (κ2) is 7.83. The van der Waals surface area contributed by atoms with Crippen LogP contribution in [0.2, 0.25) is 0 Å². The second-order valence-corrected chi connectivity index (χ2v) is 7.64. The fourth-order valence-corrected chi connectivity index (χ4v) is 4.54. The topological polar surface area (TPSA) is 52.6 Å². The summed E-state index contributed by atoms with van der Waals surface area (Å²) >= 11 is 0. The van der Waals surface area contributed by atoms with Crippen LogP contribution >= 0.6 is 0 Å². The largest absolute Gasteiger partial charge is 0.390 e. The summed E-state index contributed by atoms with van der Waals surface area (Å²) in [6, 6.07) is 6.38. The summed E-state index contributed by atoms with van der Waals surface area (Å²) in [6.45, 7) is 4.76. The van der Waals surface area contributed by atoms with E-state index in [0.717, 1.165) is 44.3 Å². The van der Waals surface area contributed by atoms with Gasteiger partial charge in [0.15, 0.2) is 0 Å². The molecule has 4 nitrogen and oxygen atoms in total. The Morgan fingerprint density at radius 1 is 1.36 bits per heavy atom. The lowest BCUT2D eigenvalue weighted by Gasteiger charge is -2.40. The number of hydrogen-bond donors (Lipinski definition) is 2. The maximum atomic E-state index is 12.9. The zero-order valence-corrected chi connectivity index (χ0v) is 15.0. The summed E-state index contributed by atoms with van der Waals surface area (Å²) in [5, 5.41) is 13.8. The van der Waals surface area contributed by atoms with Gasteiger partial charge in [0.25, 0.3) is 0 Å². The fraction of sp³-hybridized carbons (Fsp3) is 0.650. The number of nitrogens with zero attached hydrogens (tertiary/aromatic N) is 1. The second-order valence-electron chi connectivity index (χ2n) is 7.64. The molecular weight excluding hydrogens is 319 g/mol. The summed E-state index contributed by atoms with van der Waals surface area (Å²) < 4.78 is 12.9. The number of nitrogens with one attached hydrogen (secondary N) is 1. The molecule has 1 heterocycles. The van der Waals surface area contributed by atoms with Gasteiger partial charge in [-0.15, -0.1) is 0 Å². The van der Waals surface area contributed by atoms with Crippen molar-refractivity contribution >= 4 is 5.91 Å². The predicted molar refractivity (Wildman–Crippen MR) is 95.6 cm³/mol. The van der Waals surface area contributed by atoms with Crippen molar-refractivity contribution in [2.24, 2.45) is 11.8 Å². The van der Waals surface area contributed by atoms with Crippen LogP contribution in [0.15, 0.2) is 24.3 Å². The number of aliphatic hydroxyl groups is 1. The molecule has 2 N–H and O–H groups in total. The number of benzene rings is 1. The highest BCUT2D eigenvalue weighted by atomic mass is 19.1. The lowest BCUT2D eigenvalue weighted by atomic mass is 9.69. The Hall–Kier alpha value is -1.46. The number of amides is 1. The summed E-state index contributed by atoms with van der Waals surface area (Å²) in [5.74, 6) is 0.611. The molecule has 0 radical (unpaired) electrons. The molecule has 1 aromatic carbocycles. The molecule has 0 spiro atoms. The van der Waals surface area contributed by atoms with Crippen LogP contribution in [-0.4, -0.2) is 47.7 Å². The number of fused-ring (bicyclic) bond motifs is 1. The highest BCUT2D eigenvalue weighted by Gasteiger charge is 2.47. The van der Waals surface area contributed by atoms with E-state index in [-0.39, 0.29) is 11.7 Å². The van der Waals surface area contributed by atoms with E-state index in [2.05, 4.69) is 17.1 Å². The lowest BCUT2D eigenvalue weighted by Crippen LogP contribution is -2.45. The van der Waals surface area contributed by atoms with Crippen molar-refractivity contribution in [2.75, 3.05) is 26.2 Å². The normalized spacial score (nSPS) is 29.4. The van der Waals surface area contributed by atoms with Crippen molar-refractivity contribution in [3.63, 3.8) is 0 Å². The van der Waals surface area contributed by atoms with Crippen molar-refractivity contribution in [3.8, 4) is 0 Å². The van der Waals surface area contributed by atoms with Crippen LogP contribution in [0.4, 0.5) is 4.39 Å². The minimum absolute atomic E-state index is 0.0285. The first-order valence-electron chi connectivity index (χ1n) is 9.46. The first kappa shape index (κ1) is 18.3. The minimum Gasteiger partial charge on any atom is -0.390 e. The van der Waals surface area contributed by atoms with Gasteiger partial charge < -0.3 is 10.4 Å². The molecule has 0 unspecified atom stereocenters. The fourth-order valence-electron chi connectivity index (χ4n) is 4.54. The molecule has 0 bridgehead atoms. The number of rotatable bonds is 6. The third kappa shape index (κ3) is 4.39. The molecule has 1 saturated carbocycles. The standard InChI is InChI=1S/C20H29FN2O2/c1-2-20(25)10-3-4-16-12-23(13-18(16)20)14-19(24)22-11-9-15-5-7-17(21)8-6-15/h5-8,16,18,25H,2-4,9-14H2,1H3,(H,22,24)/t16-,18+,20-/m0/s1. The highest BCUT2D eigenvalue weighted by Crippen LogP contribution is 2.44. The number of halogens is 1. The van der Waals surface area contributed by atoms with Crippen LogP contribution in [0, 0.1) is 17.7 Å². The molecule has 5 heteroatoms. The van der Waals surface area contributed by atoms with Crippen molar-refractivity contribution in [3.05, 3.63) is 35.6 Å². The van der Waals surface area contributed by atoms with Gasteiger partial charge >= 0.3 is 0 Å². The Morgan fingerprint density at radius 3 is 2.84 bits per heavy atom. The average molecular weight is 348 g/mol. The van der Waals surface area contributed by atoms with E-state index in [1.807, 2.05) is 0 Å². The average Bonchev–Trinajstić information content (AvgIpc) is 3.01. The molecule has 3 rings (SSSR count). The molecule has 25 heavy (non-hydrogen) atoms. The number of hydrogen-bond acceptors (Lipinski definition) is 3. The molecule has 1 saturated heterocycles. The van der Waals surface area contributed by atoms with Crippen LogP contribution in [-0.2, 0) is 11.2 Å². The quantitative estimate of drug-likeness (QED) is 0.830. The predicted octanol–water partition coefficient (Wildman–Crippen LogP) is 2.36. The van der Waals surface area contributed by atoms with Crippen LogP contribution in [0.1, 0.15) is 38.2 Å². The van der Waals surface area contributed by atoms with E-state index in [4.69, 9.17) is 0 Å². The van der Waals surface area contributed by atoms with Crippen LogP contribution in [0.5, 0.6) is 0 Å². The minimum atomic E-state index is -0.545. The van der Waals surface area contributed by atoms with Crippen molar-refractivity contribution in [1.82, 2.24) is 10.2 Å². The van der Waals surface area contributed by atoms with Crippen LogP contribution < -0.4 is 5.32 Å². The van der Waals surface area contributed by atoms with E-state index in [1.54, 1.807) is 12.1 Å². The molecule has 1 aliphatic heterocycles. The maximum absolute atomic E-state index is 12.9. The Balaban J connectivity index is 1.43. The molecular formula is C20H29FN2O2. The number of carbonyl (C=O) groups excluding carboxylic acids is 1. The van der Waals surface area contributed by atoms with E-state index in [0.29, 0.717) is 31.3 Å². The molecule has 1 amide bonds. The van der Waals surface area contributed by atoms with Gasteiger partial charge in [0.05, 0.1) is 12.1 Å². The SMILES string of the molecule is CC[C@]1(O)CCC[C@H]2CN(CC(=O)NCCc3ccc(F)cc3)C[C@H]21. The van der Waals surface area contributed by atoms with Gasteiger partial charge in [-0.2, -0.15) is 0 Å². The molecule has 2 fully saturated rings. The van der Waals surface area contributed by atoms with Gasteiger partial charge in [-0.1, -0.05) is 25.5 Å². The van der Waals surface area contributed by atoms with Gasteiger partial charge in [0.2, 0.25) is 5.91 Å². The van der Waals surface area contributed by atoms with E-state index < -0.39 is 5.60 Å². The third-order valence-electron chi connectivity index (χ3n) is 6.02. The van der Waals surface area contributed by atoms with Gasteiger partial charge in [-0.25, -0.2) is 4.39 Å². The van der Waals surface area contributed by atoms with Crippen molar-refractivity contribution in [1.29, 1.82) is 0 Å². The van der Waals surface area contributed by atoms with E-state index in [1.165, 1.54) is 12.1 Å². The zero-order valence-electron chi connectivity index (χ0n) is 15.0. The van der Waals surface area contributed by atoms with Crippen molar-refractivity contribution in [2.45, 2.75) is 44.6 Å². The number of carbonyl (C=O) groups is 1. The summed E-state index contributed by atoms with van der Waals surface area (Å²) in [4.78, 5) is 14.4. The van der Waals surface area contributed by atoms with Gasteiger partial charge in [0.1, 0.15) is 5.82 Å². The first-order valence-corrected chi connectivity index (χ1v) is 9.46. The Morgan fingerprint density at radius 2 is 2.12 bits per heavy atom. The molecule has 1 aromatic rings. The Kier molecular flexibility index (Phi) is 5.74. The Labute approximate surface area is 149 Å². The van der Waals surface area contributed by atoms with Crippen LogP contribution in [0.3, 0.4) is 0 Å². The maximum Gasteiger partial charge on any atom is 0.234 e.